The second-order valence-electron chi connectivity index (χ2n) is 7.83. The van der Waals surface area contributed by atoms with E-state index in [9.17, 15) is 19.2 Å². The van der Waals surface area contributed by atoms with Gasteiger partial charge in [0.05, 0.1) is 6.42 Å². The lowest BCUT2D eigenvalue weighted by molar-refractivity contribution is -0.137. The second kappa shape index (κ2) is 8.14. The summed E-state index contributed by atoms with van der Waals surface area (Å²) in [7, 11) is 2.00. The maximum absolute atomic E-state index is 12.7. The van der Waals surface area contributed by atoms with Gasteiger partial charge >= 0.3 is 0 Å². The van der Waals surface area contributed by atoms with Gasteiger partial charge in [-0.2, -0.15) is 0 Å². The lowest BCUT2D eigenvalue weighted by atomic mass is 9.95. The minimum atomic E-state index is -0.625. The molecule has 4 amide bonds. The van der Waals surface area contributed by atoms with Gasteiger partial charge in [0.2, 0.25) is 17.7 Å². The monoisotopic (exact) mass is 403 g/mol. The Morgan fingerprint density at radius 2 is 1.83 bits per heavy atom. The van der Waals surface area contributed by atoms with Gasteiger partial charge in [0.15, 0.2) is 0 Å². The molecule has 2 aromatic carbocycles. The summed E-state index contributed by atoms with van der Waals surface area (Å²) in [5.74, 6) is -0.991. The zero-order valence-corrected chi connectivity index (χ0v) is 16.7. The fourth-order valence-corrected chi connectivity index (χ4v) is 3.89. The molecule has 0 bridgehead atoms. The van der Waals surface area contributed by atoms with Crippen LogP contribution >= 0.6 is 0 Å². The quantitative estimate of drug-likeness (QED) is 0.523. The largest absolute Gasteiger partial charge is 0.352 e. The molecule has 152 valence electrons. The minimum Gasteiger partial charge on any atom is -0.352 e. The first-order valence-corrected chi connectivity index (χ1v) is 9.99. The van der Waals surface area contributed by atoms with Gasteiger partial charge < -0.3 is 10.2 Å². The highest BCUT2D eigenvalue weighted by molar-refractivity contribution is 6.32. The average molecular weight is 403 g/mol. The molecule has 1 saturated heterocycles. The molecule has 4 rings (SSSR count). The summed E-state index contributed by atoms with van der Waals surface area (Å²) in [5.41, 5.74) is 4.39. The number of benzene rings is 2. The Kier molecular flexibility index (Phi) is 5.39. The van der Waals surface area contributed by atoms with Crippen molar-refractivity contribution < 1.29 is 19.2 Å². The van der Waals surface area contributed by atoms with Crippen LogP contribution in [0, 0.1) is 0 Å². The Balaban J connectivity index is 1.38. The lowest BCUT2D eigenvalue weighted by Crippen LogP contribution is -2.52. The van der Waals surface area contributed by atoms with Crippen molar-refractivity contribution in [2.75, 3.05) is 0 Å². The number of amides is 4. The third-order valence-corrected chi connectivity index (χ3v) is 5.56. The summed E-state index contributed by atoms with van der Waals surface area (Å²) in [6, 6.07) is 12.7. The van der Waals surface area contributed by atoms with E-state index in [1.807, 2.05) is 44.2 Å². The van der Waals surface area contributed by atoms with Crippen LogP contribution in [0.5, 0.6) is 0 Å². The Labute approximate surface area is 175 Å². The van der Waals surface area contributed by atoms with Crippen molar-refractivity contribution in [1.29, 1.82) is 0 Å². The number of imide groups is 1. The standard InChI is InChI=1S/C22H22BN3O4/c23-16-4-1-13(2-5-16)10-20(28)24-11-14-3-6-17-15(9-14)12-26(22(17)30)18-7-8-19(27)25-21(18)29/h1-6,9,18H,7-8,10-12,23H2,(H,24,28)(H,25,27,29). The lowest BCUT2D eigenvalue weighted by Gasteiger charge is -2.29. The molecule has 0 spiro atoms. The number of carbonyl (C=O) groups excluding carboxylic acids is 4. The summed E-state index contributed by atoms with van der Waals surface area (Å²) in [5, 5.41) is 5.21. The van der Waals surface area contributed by atoms with E-state index in [1.54, 1.807) is 6.07 Å². The van der Waals surface area contributed by atoms with Gasteiger partial charge in [-0.15, -0.1) is 0 Å². The van der Waals surface area contributed by atoms with Gasteiger partial charge in [-0.25, -0.2) is 0 Å². The van der Waals surface area contributed by atoms with Gasteiger partial charge in [0.25, 0.3) is 5.91 Å². The van der Waals surface area contributed by atoms with Crippen molar-refractivity contribution in [2.24, 2.45) is 0 Å². The Morgan fingerprint density at radius 1 is 1.10 bits per heavy atom. The number of rotatable bonds is 5. The topological polar surface area (TPSA) is 95.6 Å². The normalized spacial score (nSPS) is 18.2. The maximum atomic E-state index is 12.7. The molecule has 7 nitrogen and oxygen atoms in total. The van der Waals surface area contributed by atoms with E-state index >= 15 is 0 Å². The van der Waals surface area contributed by atoms with E-state index in [-0.39, 0.29) is 24.1 Å². The Hall–Kier alpha value is -3.42. The van der Waals surface area contributed by atoms with Crippen molar-refractivity contribution in [1.82, 2.24) is 15.5 Å². The number of hydrogen-bond acceptors (Lipinski definition) is 4. The molecule has 0 aliphatic carbocycles. The van der Waals surface area contributed by atoms with E-state index in [4.69, 9.17) is 0 Å². The van der Waals surface area contributed by atoms with Crippen molar-refractivity contribution in [3.05, 3.63) is 64.7 Å². The smallest absolute Gasteiger partial charge is 0.255 e. The summed E-state index contributed by atoms with van der Waals surface area (Å²) in [4.78, 5) is 50.0. The van der Waals surface area contributed by atoms with E-state index in [0.29, 0.717) is 31.5 Å². The zero-order valence-electron chi connectivity index (χ0n) is 16.7. The highest BCUT2D eigenvalue weighted by Crippen LogP contribution is 2.28. The van der Waals surface area contributed by atoms with E-state index < -0.39 is 11.9 Å². The van der Waals surface area contributed by atoms with E-state index in [1.165, 1.54) is 4.90 Å². The van der Waals surface area contributed by atoms with Gasteiger partial charge in [-0.05, 0) is 29.2 Å². The molecule has 30 heavy (non-hydrogen) atoms. The van der Waals surface area contributed by atoms with Crippen molar-refractivity contribution in [3.8, 4) is 0 Å². The number of hydrogen-bond donors (Lipinski definition) is 2. The molecule has 1 atom stereocenters. The van der Waals surface area contributed by atoms with Crippen LogP contribution < -0.4 is 16.1 Å². The fourth-order valence-electron chi connectivity index (χ4n) is 3.89. The fraction of sp³-hybridized carbons (Fsp3) is 0.273. The molecule has 2 aliphatic rings. The van der Waals surface area contributed by atoms with Crippen molar-refractivity contribution in [3.63, 3.8) is 0 Å². The first kappa shape index (κ1) is 19.9. The minimum absolute atomic E-state index is 0.0689. The predicted molar refractivity (Wildman–Crippen MR) is 113 cm³/mol. The van der Waals surface area contributed by atoms with Crippen LogP contribution in [-0.4, -0.2) is 42.4 Å². The molecule has 8 heteroatoms. The number of fused-ring (bicyclic) bond motifs is 1. The first-order chi connectivity index (χ1) is 14.4. The molecule has 2 heterocycles. The molecule has 0 saturated carbocycles. The molecule has 0 aromatic heterocycles. The highest BCUT2D eigenvalue weighted by atomic mass is 16.2. The third kappa shape index (κ3) is 4.12. The number of carbonyl (C=O) groups is 4. The van der Waals surface area contributed by atoms with Crippen LogP contribution in [0.2, 0.25) is 0 Å². The van der Waals surface area contributed by atoms with Gasteiger partial charge in [-0.1, -0.05) is 41.9 Å². The molecular weight excluding hydrogens is 381 g/mol. The SMILES string of the molecule is Bc1ccc(CC(=O)NCc2ccc3c(c2)CN(C2CCC(=O)NC2=O)C3=O)cc1. The third-order valence-electron chi connectivity index (χ3n) is 5.56. The highest BCUT2D eigenvalue weighted by Gasteiger charge is 2.39. The van der Waals surface area contributed by atoms with Crippen molar-refractivity contribution >= 4 is 36.9 Å². The van der Waals surface area contributed by atoms with E-state index in [2.05, 4.69) is 10.6 Å². The summed E-state index contributed by atoms with van der Waals surface area (Å²) < 4.78 is 0. The molecule has 2 N–H and O–H groups in total. The van der Waals surface area contributed by atoms with Gasteiger partial charge in [0, 0.05) is 25.1 Å². The molecular formula is C22H22BN3O4. The van der Waals surface area contributed by atoms with Gasteiger partial charge in [0.1, 0.15) is 13.9 Å². The molecule has 2 aromatic rings. The number of nitrogens with one attached hydrogen (secondary N) is 2. The summed E-state index contributed by atoms with van der Waals surface area (Å²) in [6.07, 6.45) is 0.883. The molecule has 1 unspecified atom stereocenters. The van der Waals surface area contributed by atoms with Crippen LogP contribution in [0.1, 0.15) is 39.9 Å². The van der Waals surface area contributed by atoms with Crippen molar-refractivity contribution in [2.45, 2.75) is 38.4 Å². The van der Waals surface area contributed by atoms with Crippen LogP contribution in [0.25, 0.3) is 0 Å². The Morgan fingerprint density at radius 3 is 2.57 bits per heavy atom. The van der Waals surface area contributed by atoms with Crippen LogP contribution in [0.15, 0.2) is 42.5 Å². The first-order valence-electron chi connectivity index (χ1n) is 9.99. The average Bonchev–Trinajstić information content (AvgIpc) is 3.04. The van der Waals surface area contributed by atoms with Gasteiger partial charge in [-0.3, -0.25) is 24.5 Å². The molecule has 2 aliphatic heterocycles. The van der Waals surface area contributed by atoms with Crippen LogP contribution in [0.4, 0.5) is 0 Å². The Bertz CT molecular complexity index is 1040. The number of nitrogens with zero attached hydrogens (tertiary/aromatic N) is 1. The summed E-state index contributed by atoms with van der Waals surface area (Å²) in [6.45, 7) is 0.691. The summed E-state index contributed by atoms with van der Waals surface area (Å²) >= 11 is 0. The molecule has 0 radical (unpaired) electrons. The molecule has 1 fully saturated rings. The predicted octanol–water partition coefficient (Wildman–Crippen LogP) is -0.435. The number of piperidine rings is 1. The maximum Gasteiger partial charge on any atom is 0.255 e. The van der Waals surface area contributed by atoms with E-state index in [0.717, 1.165) is 22.2 Å². The zero-order chi connectivity index (χ0) is 21.3. The second-order valence-corrected chi connectivity index (χ2v) is 7.83. The van der Waals surface area contributed by atoms with Crippen LogP contribution in [-0.2, 0) is 33.9 Å². The van der Waals surface area contributed by atoms with Crippen LogP contribution in [0.3, 0.4) is 0 Å².